The SMILES string of the molecule is CCOc1nc(C(CS(C)(=O)=O)n2c(=O)[nH]c3cc(-c4ccc(F)cc4F)ccc32)ccc1OC. The van der Waals surface area contributed by atoms with Gasteiger partial charge in [0.05, 0.1) is 42.2 Å². The van der Waals surface area contributed by atoms with Crippen LogP contribution in [0.5, 0.6) is 11.6 Å². The third-order valence-corrected chi connectivity index (χ3v) is 6.34. The number of fused-ring (bicyclic) bond motifs is 1. The number of aromatic nitrogens is 3. The van der Waals surface area contributed by atoms with Crippen LogP contribution in [0, 0.1) is 11.6 Å². The van der Waals surface area contributed by atoms with Crippen molar-refractivity contribution < 1.29 is 26.7 Å². The molecule has 0 aliphatic carbocycles. The topological polar surface area (TPSA) is 103 Å². The predicted molar refractivity (Wildman–Crippen MR) is 128 cm³/mol. The van der Waals surface area contributed by atoms with Gasteiger partial charge in [0.2, 0.25) is 0 Å². The number of ether oxygens (including phenoxy) is 2. The molecule has 0 saturated carbocycles. The molecule has 11 heteroatoms. The van der Waals surface area contributed by atoms with E-state index >= 15 is 0 Å². The molecule has 0 saturated heterocycles. The molecule has 1 unspecified atom stereocenters. The summed E-state index contributed by atoms with van der Waals surface area (Å²) in [7, 11) is -2.10. The predicted octanol–water partition coefficient (Wildman–Crippen LogP) is 3.71. The molecule has 1 N–H and O–H groups in total. The molecule has 2 aromatic carbocycles. The standard InChI is InChI=1S/C24H23F2N3O5S/c1-4-34-23-22(33-2)10-8-18(27-23)21(13-35(3,31)32)29-20-9-5-14(11-19(20)28-24(29)30)16-7-6-15(25)12-17(16)26/h5-12,21H,4,13H2,1-3H3,(H,28,30). The van der Waals surface area contributed by atoms with Gasteiger partial charge in [0.15, 0.2) is 5.75 Å². The summed E-state index contributed by atoms with van der Waals surface area (Å²) in [5, 5.41) is 0. The van der Waals surface area contributed by atoms with E-state index in [-0.39, 0.29) is 17.1 Å². The molecule has 0 amide bonds. The molecule has 0 aliphatic rings. The summed E-state index contributed by atoms with van der Waals surface area (Å²) < 4.78 is 64.3. The molecule has 0 radical (unpaired) electrons. The van der Waals surface area contributed by atoms with Crippen LogP contribution in [-0.4, -0.2) is 48.7 Å². The number of aromatic amines is 1. The van der Waals surface area contributed by atoms with Gasteiger partial charge in [-0.05, 0) is 48.9 Å². The maximum Gasteiger partial charge on any atom is 0.327 e. The average Bonchev–Trinajstić information content (AvgIpc) is 3.11. The number of sulfone groups is 1. The Hall–Kier alpha value is -3.73. The van der Waals surface area contributed by atoms with Crippen LogP contribution in [0.1, 0.15) is 18.7 Å². The third-order valence-electron chi connectivity index (χ3n) is 5.42. The highest BCUT2D eigenvalue weighted by Gasteiger charge is 2.26. The Bertz CT molecular complexity index is 1560. The van der Waals surface area contributed by atoms with Crippen LogP contribution < -0.4 is 15.2 Å². The molecule has 1 atom stereocenters. The molecule has 2 heterocycles. The van der Waals surface area contributed by atoms with E-state index in [0.29, 0.717) is 29.0 Å². The van der Waals surface area contributed by atoms with Crippen molar-refractivity contribution in [3.63, 3.8) is 0 Å². The van der Waals surface area contributed by atoms with E-state index in [1.54, 1.807) is 37.3 Å². The highest BCUT2D eigenvalue weighted by Crippen LogP contribution is 2.31. The fourth-order valence-electron chi connectivity index (χ4n) is 3.93. The van der Waals surface area contributed by atoms with Crippen LogP contribution in [0.25, 0.3) is 22.2 Å². The molecule has 0 spiro atoms. The fraction of sp³-hybridized carbons (Fsp3) is 0.250. The molecule has 8 nitrogen and oxygen atoms in total. The van der Waals surface area contributed by atoms with Gasteiger partial charge in [-0.2, -0.15) is 0 Å². The quantitative estimate of drug-likeness (QED) is 0.393. The number of methoxy groups -OCH3 is 1. The lowest BCUT2D eigenvalue weighted by Crippen LogP contribution is -2.29. The number of benzene rings is 2. The molecule has 0 aliphatic heterocycles. The normalized spacial score (nSPS) is 12.6. The summed E-state index contributed by atoms with van der Waals surface area (Å²) >= 11 is 0. The van der Waals surface area contributed by atoms with Crippen LogP contribution in [-0.2, 0) is 9.84 Å². The maximum atomic E-state index is 14.3. The van der Waals surface area contributed by atoms with Gasteiger partial charge in [0, 0.05) is 17.9 Å². The van der Waals surface area contributed by atoms with Crippen LogP contribution in [0.3, 0.4) is 0 Å². The Kier molecular flexibility index (Phi) is 6.62. The Balaban J connectivity index is 1.88. The van der Waals surface area contributed by atoms with Gasteiger partial charge >= 0.3 is 5.69 Å². The van der Waals surface area contributed by atoms with E-state index in [1.807, 2.05) is 0 Å². The molecular weight excluding hydrogens is 480 g/mol. The van der Waals surface area contributed by atoms with Crippen molar-refractivity contribution in [3.8, 4) is 22.8 Å². The van der Waals surface area contributed by atoms with Crippen LogP contribution in [0.4, 0.5) is 8.78 Å². The van der Waals surface area contributed by atoms with E-state index in [9.17, 15) is 22.0 Å². The average molecular weight is 504 g/mol. The summed E-state index contributed by atoms with van der Waals surface area (Å²) in [6.07, 6.45) is 1.07. The highest BCUT2D eigenvalue weighted by atomic mass is 32.2. The number of halogens is 2. The number of pyridine rings is 1. The molecule has 2 aromatic heterocycles. The second kappa shape index (κ2) is 9.49. The van der Waals surface area contributed by atoms with Crippen LogP contribution >= 0.6 is 0 Å². The number of imidazole rings is 1. The van der Waals surface area contributed by atoms with E-state index in [1.165, 1.54) is 17.7 Å². The first kappa shape index (κ1) is 24.4. The first-order valence-corrected chi connectivity index (χ1v) is 12.7. The minimum absolute atomic E-state index is 0.160. The summed E-state index contributed by atoms with van der Waals surface area (Å²) in [6, 6.07) is 10.1. The van der Waals surface area contributed by atoms with Crippen LogP contribution in [0.2, 0.25) is 0 Å². The Morgan fingerprint density at radius 2 is 1.89 bits per heavy atom. The second-order valence-electron chi connectivity index (χ2n) is 7.94. The zero-order valence-corrected chi connectivity index (χ0v) is 20.0. The van der Waals surface area contributed by atoms with Gasteiger partial charge in [0.25, 0.3) is 5.88 Å². The largest absolute Gasteiger partial charge is 0.491 e. The van der Waals surface area contributed by atoms with Gasteiger partial charge in [0.1, 0.15) is 21.5 Å². The molecule has 35 heavy (non-hydrogen) atoms. The Labute approximate surface area is 200 Å². The van der Waals surface area contributed by atoms with Gasteiger partial charge in [-0.15, -0.1) is 0 Å². The minimum atomic E-state index is -3.56. The van der Waals surface area contributed by atoms with Crippen molar-refractivity contribution in [1.29, 1.82) is 0 Å². The first-order chi connectivity index (χ1) is 16.6. The highest BCUT2D eigenvalue weighted by molar-refractivity contribution is 7.90. The van der Waals surface area contributed by atoms with Crippen molar-refractivity contribution in [2.75, 3.05) is 25.7 Å². The van der Waals surface area contributed by atoms with Crippen molar-refractivity contribution in [3.05, 3.63) is 76.3 Å². The Morgan fingerprint density at radius 3 is 2.54 bits per heavy atom. The van der Waals surface area contributed by atoms with Crippen molar-refractivity contribution >= 4 is 20.9 Å². The lowest BCUT2D eigenvalue weighted by molar-refractivity contribution is 0.296. The van der Waals surface area contributed by atoms with E-state index < -0.39 is 39.0 Å². The number of nitrogens with one attached hydrogen (secondary N) is 1. The first-order valence-electron chi connectivity index (χ1n) is 10.7. The number of rotatable bonds is 8. The smallest absolute Gasteiger partial charge is 0.327 e. The van der Waals surface area contributed by atoms with Gasteiger partial charge in [-0.3, -0.25) is 4.57 Å². The lowest BCUT2D eigenvalue weighted by atomic mass is 10.0. The summed E-state index contributed by atoms with van der Waals surface area (Å²) in [5.74, 6) is -1.31. The van der Waals surface area contributed by atoms with Gasteiger partial charge < -0.3 is 14.5 Å². The fourth-order valence-corrected chi connectivity index (χ4v) is 4.83. The van der Waals surface area contributed by atoms with E-state index in [2.05, 4.69) is 9.97 Å². The van der Waals surface area contributed by atoms with Gasteiger partial charge in [-0.25, -0.2) is 27.0 Å². The van der Waals surface area contributed by atoms with E-state index in [4.69, 9.17) is 9.47 Å². The summed E-state index contributed by atoms with van der Waals surface area (Å²) in [4.78, 5) is 20.2. The zero-order valence-electron chi connectivity index (χ0n) is 19.2. The molecular formula is C24H23F2N3O5S. The van der Waals surface area contributed by atoms with Crippen LogP contribution in [0.15, 0.2) is 53.3 Å². The number of hydrogen-bond acceptors (Lipinski definition) is 6. The summed E-state index contributed by atoms with van der Waals surface area (Å²) in [6.45, 7) is 2.08. The maximum absolute atomic E-state index is 14.3. The molecule has 0 fully saturated rings. The number of hydrogen-bond donors (Lipinski definition) is 1. The van der Waals surface area contributed by atoms with E-state index in [0.717, 1.165) is 18.4 Å². The number of H-pyrrole nitrogens is 1. The monoisotopic (exact) mass is 503 g/mol. The molecule has 4 rings (SSSR count). The van der Waals surface area contributed by atoms with Gasteiger partial charge in [-0.1, -0.05) is 6.07 Å². The molecule has 184 valence electrons. The lowest BCUT2D eigenvalue weighted by Gasteiger charge is -2.19. The van der Waals surface area contributed by atoms with Crippen molar-refractivity contribution in [2.45, 2.75) is 13.0 Å². The zero-order chi connectivity index (χ0) is 25.3. The summed E-state index contributed by atoms with van der Waals surface area (Å²) in [5.41, 5.74) is 1.05. The molecule has 0 bridgehead atoms. The minimum Gasteiger partial charge on any atom is -0.491 e. The molecule has 4 aromatic rings. The second-order valence-corrected chi connectivity index (χ2v) is 10.1. The van der Waals surface area contributed by atoms with Crippen molar-refractivity contribution in [2.24, 2.45) is 0 Å². The Morgan fingerprint density at radius 1 is 1.11 bits per heavy atom. The third kappa shape index (κ3) is 5.04. The number of nitrogens with zero attached hydrogens (tertiary/aromatic N) is 2. The van der Waals surface area contributed by atoms with Crippen molar-refractivity contribution in [1.82, 2.24) is 14.5 Å².